The number of hydrogen-bond donors (Lipinski definition) is 0. The van der Waals surface area contributed by atoms with Crippen molar-refractivity contribution in [1.29, 1.82) is 0 Å². The Kier molecular flexibility index (Phi) is 4.57. The van der Waals surface area contributed by atoms with Crippen LogP contribution in [0.1, 0.15) is 38.4 Å². The van der Waals surface area contributed by atoms with Crippen LogP contribution in [-0.2, 0) is 4.74 Å². The van der Waals surface area contributed by atoms with Gasteiger partial charge in [0.2, 0.25) is 0 Å². The molecular formula is C17H27N3O. The molecule has 0 bridgehead atoms. The highest BCUT2D eigenvalue weighted by atomic mass is 16.5. The van der Waals surface area contributed by atoms with Crippen LogP contribution in [0.4, 0.5) is 0 Å². The molecule has 21 heavy (non-hydrogen) atoms. The molecule has 2 saturated heterocycles. The minimum atomic E-state index is 0.196. The first-order chi connectivity index (χ1) is 10.2. The highest BCUT2D eigenvalue weighted by Gasteiger charge is 2.35. The maximum atomic E-state index is 5.49. The van der Waals surface area contributed by atoms with E-state index in [1.165, 1.54) is 25.1 Å². The van der Waals surface area contributed by atoms with Crippen LogP contribution in [0.5, 0.6) is 0 Å². The molecule has 0 amide bonds. The Morgan fingerprint density at radius 2 is 2.05 bits per heavy atom. The van der Waals surface area contributed by atoms with Crippen molar-refractivity contribution in [2.24, 2.45) is 0 Å². The highest BCUT2D eigenvalue weighted by Crippen LogP contribution is 2.33. The van der Waals surface area contributed by atoms with Gasteiger partial charge in [0.15, 0.2) is 0 Å². The maximum Gasteiger partial charge on any atom is 0.0594 e. The number of pyridine rings is 1. The second kappa shape index (κ2) is 6.42. The Morgan fingerprint density at radius 3 is 2.76 bits per heavy atom. The van der Waals surface area contributed by atoms with E-state index in [-0.39, 0.29) is 5.54 Å². The molecule has 0 saturated carbocycles. The maximum absolute atomic E-state index is 5.49. The third-order valence-corrected chi connectivity index (χ3v) is 4.85. The second-order valence-electron chi connectivity index (χ2n) is 6.79. The van der Waals surface area contributed by atoms with Gasteiger partial charge in [0.1, 0.15) is 0 Å². The summed E-state index contributed by atoms with van der Waals surface area (Å²) in [6.07, 6.45) is 4.43. The molecule has 4 nitrogen and oxygen atoms in total. The molecule has 2 fully saturated rings. The summed E-state index contributed by atoms with van der Waals surface area (Å²) >= 11 is 0. The molecule has 4 heteroatoms. The van der Waals surface area contributed by atoms with Crippen molar-refractivity contribution >= 4 is 0 Å². The van der Waals surface area contributed by atoms with Gasteiger partial charge in [-0.25, -0.2) is 0 Å². The van der Waals surface area contributed by atoms with E-state index in [2.05, 4.69) is 40.8 Å². The third kappa shape index (κ3) is 3.44. The molecule has 116 valence electrons. The molecule has 0 radical (unpaired) electrons. The van der Waals surface area contributed by atoms with Gasteiger partial charge in [0.25, 0.3) is 0 Å². The summed E-state index contributed by atoms with van der Waals surface area (Å²) in [4.78, 5) is 9.77. The van der Waals surface area contributed by atoms with Gasteiger partial charge in [-0.2, -0.15) is 0 Å². The Balaban J connectivity index is 1.68. The monoisotopic (exact) mass is 289 g/mol. The second-order valence-corrected chi connectivity index (χ2v) is 6.79. The van der Waals surface area contributed by atoms with E-state index in [9.17, 15) is 0 Å². The van der Waals surface area contributed by atoms with Crippen molar-refractivity contribution in [3.8, 4) is 0 Å². The van der Waals surface area contributed by atoms with Crippen LogP contribution >= 0.6 is 0 Å². The summed E-state index contributed by atoms with van der Waals surface area (Å²) in [7, 11) is 0. The molecular weight excluding hydrogens is 262 g/mol. The first-order valence-corrected chi connectivity index (χ1v) is 8.15. The minimum Gasteiger partial charge on any atom is -0.379 e. The fourth-order valence-corrected chi connectivity index (χ4v) is 3.69. The van der Waals surface area contributed by atoms with Crippen molar-refractivity contribution in [2.75, 3.05) is 39.4 Å². The van der Waals surface area contributed by atoms with Crippen molar-refractivity contribution in [3.05, 3.63) is 30.1 Å². The highest BCUT2D eigenvalue weighted by molar-refractivity contribution is 5.11. The van der Waals surface area contributed by atoms with E-state index in [0.717, 1.165) is 32.8 Å². The van der Waals surface area contributed by atoms with Gasteiger partial charge < -0.3 is 4.74 Å². The average Bonchev–Trinajstić information content (AvgIpc) is 2.96. The van der Waals surface area contributed by atoms with Crippen molar-refractivity contribution < 1.29 is 4.74 Å². The lowest BCUT2D eigenvalue weighted by Crippen LogP contribution is -2.55. The zero-order valence-corrected chi connectivity index (χ0v) is 13.3. The molecule has 0 spiro atoms. The summed E-state index contributed by atoms with van der Waals surface area (Å²) < 4.78 is 5.49. The fourth-order valence-electron chi connectivity index (χ4n) is 3.69. The number of likely N-dealkylation sites (tertiary alicyclic amines) is 1. The van der Waals surface area contributed by atoms with Crippen LogP contribution in [0, 0.1) is 0 Å². The Hall–Kier alpha value is -0.970. The Labute approximate surface area is 128 Å². The van der Waals surface area contributed by atoms with E-state index in [4.69, 9.17) is 4.74 Å². The van der Waals surface area contributed by atoms with E-state index in [1.54, 1.807) is 0 Å². The van der Waals surface area contributed by atoms with Crippen LogP contribution in [-0.4, -0.2) is 59.7 Å². The molecule has 1 atom stereocenters. The summed E-state index contributed by atoms with van der Waals surface area (Å²) in [5.74, 6) is 0. The van der Waals surface area contributed by atoms with Gasteiger partial charge in [0.05, 0.1) is 24.9 Å². The van der Waals surface area contributed by atoms with Crippen LogP contribution in [0.15, 0.2) is 24.4 Å². The van der Waals surface area contributed by atoms with Crippen molar-refractivity contribution in [1.82, 2.24) is 14.8 Å². The zero-order valence-electron chi connectivity index (χ0n) is 13.3. The number of rotatable bonds is 4. The first-order valence-electron chi connectivity index (χ1n) is 8.15. The molecule has 3 heterocycles. The number of aromatic nitrogens is 1. The molecule has 0 N–H and O–H groups in total. The number of hydrogen-bond acceptors (Lipinski definition) is 4. The number of ether oxygens (including phenoxy) is 1. The van der Waals surface area contributed by atoms with E-state index < -0.39 is 0 Å². The number of morpholine rings is 1. The number of nitrogens with zero attached hydrogens (tertiary/aromatic N) is 3. The lowest BCUT2D eigenvalue weighted by Gasteiger charge is -2.44. The molecule has 0 aromatic carbocycles. The first kappa shape index (κ1) is 14.9. The van der Waals surface area contributed by atoms with Crippen LogP contribution in [0.3, 0.4) is 0 Å². The standard InChI is InChI=1S/C17H27N3O/c1-17(2,20-10-12-21-13-11-20)14-19-9-5-7-16(19)15-6-3-4-8-18-15/h3-4,6,8,16H,5,7,9-14H2,1-2H3/t16-/m1/s1. The van der Waals surface area contributed by atoms with E-state index in [1.807, 2.05) is 12.3 Å². The van der Waals surface area contributed by atoms with E-state index in [0.29, 0.717) is 6.04 Å². The Bertz CT molecular complexity index is 443. The van der Waals surface area contributed by atoms with Crippen LogP contribution in [0.25, 0.3) is 0 Å². The largest absolute Gasteiger partial charge is 0.379 e. The summed E-state index contributed by atoms with van der Waals surface area (Å²) in [6.45, 7) is 10.9. The quantitative estimate of drug-likeness (QED) is 0.850. The third-order valence-electron chi connectivity index (χ3n) is 4.85. The normalized spacial score (nSPS) is 25.3. The smallest absolute Gasteiger partial charge is 0.0594 e. The van der Waals surface area contributed by atoms with Gasteiger partial charge in [0, 0.05) is 31.4 Å². The predicted octanol–water partition coefficient (Wildman–Crippen LogP) is 2.33. The van der Waals surface area contributed by atoms with Gasteiger partial charge in [-0.1, -0.05) is 6.07 Å². The van der Waals surface area contributed by atoms with Crippen molar-refractivity contribution in [2.45, 2.75) is 38.3 Å². The molecule has 0 unspecified atom stereocenters. The van der Waals surface area contributed by atoms with Gasteiger partial charge >= 0.3 is 0 Å². The van der Waals surface area contributed by atoms with Crippen LogP contribution < -0.4 is 0 Å². The molecule has 2 aliphatic heterocycles. The van der Waals surface area contributed by atoms with E-state index >= 15 is 0 Å². The minimum absolute atomic E-state index is 0.196. The van der Waals surface area contributed by atoms with Gasteiger partial charge in [-0.05, 0) is 45.4 Å². The molecule has 0 aliphatic carbocycles. The molecule has 3 rings (SSSR count). The lowest BCUT2D eigenvalue weighted by atomic mass is 10.00. The SMILES string of the molecule is CC(C)(CN1CCC[C@@H]1c1ccccn1)N1CCOCC1. The molecule has 1 aromatic heterocycles. The van der Waals surface area contributed by atoms with Crippen LogP contribution in [0.2, 0.25) is 0 Å². The van der Waals surface area contributed by atoms with Gasteiger partial charge in [-0.15, -0.1) is 0 Å². The summed E-state index contributed by atoms with van der Waals surface area (Å²) in [5, 5.41) is 0. The molecule has 1 aromatic rings. The zero-order chi connectivity index (χ0) is 14.7. The Morgan fingerprint density at radius 1 is 1.24 bits per heavy atom. The lowest BCUT2D eigenvalue weighted by molar-refractivity contribution is -0.0232. The van der Waals surface area contributed by atoms with Gasteiger partial charge in [-0.3, -0.25) is 14.8 Å². The topological polar surface area (TPSA) is 28.6 Å². The molecule has 2 aliphatic rings. The van der Waals surface area contributed by atoms with Crippen molar-refractivity contribution in [3.63, 3.8) is 0 Å². The fraction of sp³-hybridized carbons (Fsp3) is 0.706. The average molecular weight is 289 g/mol. The summed E-state index contributed by atoms with van der Waals surface area (Å²) in [5.41, 5.74) is 1.43. The predicted molar refractivity (Wildman–Crippen MR) is 84.3 cm³/mol. The summed E-state index contributed by atoms with van der Waals surface area (Å²) in [6, 6.07) is 6.77.